The standard InChI is InChI=1S/C14H11Cl3O2/c1-8(18)11-4-2-9(6-13(11)16)19-10-3-5-12(15)14(17)7-10/h2-8,18H,1H3. The number of rotatable bonds is 3. The number of ether oxygens (including phenoxy) is 1. The second-order valence-corrected chi connectivity index (χ2v) is 5.26. The fourth-order valence-corrected chi connectivity index (χ4v) is 2.20. The molecule has 0 amide bonds. The number of benzene rings is 2. The predicted octanol–water partition coefficient (Wildman–Crippen LogP) is 5.49. The summed E-state index contributed by atoms with van der Waals surface area (Å²) in [5.74, 6) is 1.13. The highest BCUT2D eigenvalue weighted by atomic mass is 35.5. The molecule has 0 aromatic heterocycles. The van der Waals surface area contributed by atoms with E-state index in [1.165, 1.54) is 0 Å². The molecular formula is C14H11Cl3O2. The lowest BCUT2D eigenvalue weighted by Crippen LogP contribution is -1.93. The molecule has 19 heavy (non-hydrogen) atoms. The van der Waals surface area contributed by atoms with Gasteiger partial charge in [0, 0.05) is 6.07 Å². The smallest absolute Gasteiger partial charge is 0.129 e. The van der Waals surface area contributed by atoms with Crippen molar-refractivity contribution in [1.82, 2.24) is 0 Å². The molecule has 0 fully saturated rings. The van der Waals surface area contributed by atoms with Gasteiger partial charge in [-0.3, -0.25) is 0 Å². The minimum Gasteiger partial charge on any atom is -0.457 e. The van der Waals surface area contributed by atoms with E-state index >= 15 is 0 Å². The minimum atomic E-state index is -0.619. The summed E-state index contributed by atoms with van der Waals surface area (Å²) in [4.78, 5) is 0. The van der Waals surface area contributed by atoms with Gasteiger partial charge in [-0.25, -0.2) is 0 Å². The van der Waals surface area contributed by atoms with E-state index in [1.807, 2.05) is 0 Å². The Hall–Kier alpha value is -0.930. The van der Waals surface area contributed by atoms with Crippen LogP contribution in [0.5, 0.6) is 11.5 Å². The van der Waals surface area contributed by atoms with E-state index < -0.39 is 6.10 Å². The quantitative estimate of drug-likeness (QED) is 0.810. The Morgan fingerprint density at radius 3 is 2.00 bits per heavy atom. The van der Waals surface area contributed by atoms with Gasteiger partial charge < -0.3 is 9.84 Å². The molecule has 2 rings (SSSR count). The predicted molar refractivity (Wildman–Crippen MR) is 78.6 cm³/mol. The summed E-state index contributed by atoms with van der Waals surface area (Å²) in [5.41, 5.74) is 0.656. The third kappa shape index (κ3) is 3.54. The number of aliphatic hydroxyl groups is 1. The first kappa shape index (κ1) is 14.5. The van der Waals surface area contributed by atoms with Crippen molar-refractivity contribution in [1.29, 1.82) is 0 Å². The van der Waals surface area contributed by atoms with E-state index in [2.05, 4.69) is 0 Å². The molecule has 0 aliphatic heterocycles. The Bertz CT molecular complexity index is 597. The third-order valence-corrected chi connectivity index (χ3v) is 3.62. The van der Waals surface area contributed by atoms with Crippen molar-refractivity contribution in [2.45, 2.75) is 13.0 Å². The molecular weight excluding hydrogens is 307 g/mol. The zero-order valence-corrected chi connectivity index (χ0v) is 12.3. The lowest BCUT2D eigenvalue weighted by Gasteiger charge is -2.11. The maximum Gasteiger partial charge on any atom is 0.129 e. The summed E-state index contributed by atoms with van der Waals surface area (Å²) in [5, 5.41) is 10.8. The summed E-state index contributed by atoms with van der Waals surface area (Å²) < 4.78 is 5.62. The Morgan fingerprint density at radius 1 is 0.895 bits per heavy atom. The lowest BCUT2D eigenvalue weighted by molar-refractivity contribution is 0.199. The van der Waals surface area contributed by atoms with E-state index in [0.29, 0.717) is 32.1 Å². The SMILES string of the molecule is CC(O)c1ccc(Oc2ccc(Cl)c(Cl)c2)cc1Cl. The molecule has 100 valence electrons. The molecule has 1 atom stereocenters. The maximum absolute atomic E-state index is 9.49. The molecule has 0 aliphatic rings. The molecule has 1 N–H and O–H groups in total. The molecule has 0 heterocycles. The average molecular weight is 318 g/mol. The summed E-state index contributed by atoms with van der Waals surface area (Å²) in [6, 6.07) is 10.1. The van der Waals surface area contributed by atoms with Crippen LogP contribution in [-0.4, -0.2) is 5.11 Å². The summed E-state index contributed by atoms with van der Waals surface area (Å²) in [7, 11) is 0. The van der Waals surface area contributed by atoms with E-state index in [1.54, 1.807) is 43.3 Å². The fraction of sp³-hybridized carbons (Fsp3) is 0.143. The van der Waals surface area contributed by atoms with Gasteiger partial charge in [0.2, 0.25) is 0 Å². The van der Waals surface area contributed by atoms with Crippen LogP contribution in [0.2, 0.25) is 15.1 Å². The van der Waals surface area contributed by atoms with Crippen molar-refractivity contribution >= 4 is 34.8 Å². The van der Waals surface area contributed by atoms with Gasteiger partial charge in [-0.2, -0.15) is 0 Å². The molecule has 0 saturated carbocycles. The second kappa shape index (κ2) is 6.02. The molecule has 1 unspecified atom stereocenters. The molecule has 2 aromatic carbocycles. The molecule has 2 aromatic rings. The van der Waals surface area contributed by atoms with Gasteiger partial charge in [-0.05, 0) is 36.8 Å². The number of hydrogen-bond donors (Lipinski definition) is 1. The van der Waals surface area contributed by atoms with Crippen molar-refractivity contribution < 1.29 is 9.84 Å². The van der Waals surface area contributed by atoms with Crippen LogP contribution >= 0.6 is 34.8 Å². The maximum atomic E-state index is 9.49. The first-order valence-corrected chi connectivity index (χ1v) is 6.71. The van der Waals surface area contributed by atoms with Gasteiger partial charge in [-0.15, -0.1) is 0 Å². The fourth-order valence-electron chi connectivity index (χ4n) is 1.59. The normalized spacial score (nSPS) is 12.3. The van der Waals surface area contributed by atoms with E-state index in [4.69, 9.17) is 39.5 Å². The molecule has 0 saturated heterocycles. The molecule has 0 radical (unpaired) electrons. The van der Waals surface area contributed by atoms with Gasteiger partial charge in [0.05, 0.1) is 21.2 Å². The van der Waals surface area contributed by atoms with Gasteiger partial charge in [-0.1, -0.05) is 40.9 Å². The van der Waals surface area contributed by atoms with Gasteiger partial charge in [0.1, 0.15) is 11.5 Å². The highest BCUT2D eigenvalue weighted by Crippen LogP contribution is 2.32. The minimum absolute atomic E-state index is 0.422. The Labute approximate surface area is 126 Å². The topological polar surface area (TPSA) is 29.5 Å². The Balaban J connectivity index is 2.24. The van der Waals surface area contributed by atoms with Crippen LogP contribution in [0.25, 0.3) is 0 Å². The molecule has 5 heteroatoms. The van der Waals surface area contributed by atoms with E-state index in [-0.39, 0.29) is 0 Å². The second-order valence-electron chi connectivity index (χ2n) is 4.04. The van der Waals surface area contributed by atoms with Crippen LogP contribution in [-0.2, 0) is 0 Å². The van der Waals surface area contributed by atoms with Crippen molar-refractivity contribution in [2.24, 2.45) is 0 Å². The number of aliphatic hydroxyl groups excluding tert-OH is 1. The zero-order valence-electron chi connectivity index (χ0n) is 10.0. The third-order valence-electron chi connectivity index (χ3n) is 2.55. The number of halogens is 3. The van der Waals surface area contributed by atoms with Crippen molar-refractivity contribution in [2.75, 3.05) is 0 Å². The van der Waals surface area contributed by atoms with Crippen LogP contribution in [0, 0.1) is 0 Å². The Morgan fingerprint density at radius 2 is 1.47 bits per heavy atom. The van der Waals surface area contributed by atoms with Crippen LogP contribution in [0.15, 0.2) is 36.4 Å². The molecule has 2 nitrogen and oxygen atoms in total. The van der Waals surface area contributed by atoms with Gasteiger partial charge in [0.25, 0.3) is 0 Å². The average Bonchev–Trinajstić information content (AvgIpc) is 2.33. The van der Waals surface area contributed by atoms with Gasteiger partial charge in [0.15, 0.2) is 0 Å². The zero-order chi connectivity index (χ0) is 14.0. The van der Waals surface area contributed by atoms with Crippen molar-refractivity contribution in [3.8, 4) is 11.5 Å². The summed E-state index contributed by atoms with van der Waals surface area (Å²) >= 11 is 17.8. The largest absolute Gasteiger partial charge is 0.457 e. The highest BCUT2D eigenvalue weighted by Gasteiger charge is 2.08. The molecule has 0 bridgehead atoms. The van der Waals surface area contributed by atoms with Gasteiger partial charge >= 0.3 is 0 Å². The van der Waals surface area contributed by atoms with Crippen molar-refractivity contribution in [3.05, 3.63) is 57.0 Å². The van der Waals surface area contributed by atoms with Crippen molar-refractivity contribution in [3.63, 3.8) is 0 Å². The van der Waals surface area contributed by atoms with Crippen LogP contribution in [0.1, 0.15) is 18.6 Å². The van der Waals surface area contributed by atoms with Crippen LogP contribution in [0.4, 0.5) is 0 Å². The van der Waals surface area contributed by atoms with E-state index in [0.717, 1.165) is 0 Å². The van der Waals surface area contributed by atoms with E-state index in [9.17, 15) is 5.11 Å². The lowest BCUT2D eigenvalue weighted by atomic mass is 10.1. The summed E-state index contributed by atoms with van der Waals surface area (Å²) in [6.07, 6.45) is -0.619. The monoisotopic (exact) mass is 316 g/mol. The first-order chi connectivity index (χ1) is 8.97. The molecule has 0 spiro atoms. The Kier molecular flexibility index (Phi) is 4.58. The van der Waals surface area contributed by atoms with Crippen LogP contribution in [0.3, 0.4) is 0 Å². The molecule has 0 aliphatic carbocycles. The van der Waals surface area contributed by atoms with Crippen LogP contribution < -0.4 is 4.74 Å². The number of hydrogen-bond acceptors (Lipinski definition) is 2. The highest BCUT2D eigenvalue weighted by molar-refractivity contribution is 6.42. The summed E-state index contributed by atoms with van der Waals surface area (Å²) in [6.45, 7) is 1.65. The first-order valence-electron chi connectivity index (χ1n) is 5.58.